The Morgan fingerprint density at radius 1 is 0.844 bits per heavy atom. The molecule has 2 aromatic carbocycles. The second-order valence-electron chi connectivity index (χ2n) is 9.15. The van der Waals surface area contributed by atoms with Crippen molar-refractivity contribution < 1.29 is 29.6 Å². The molecule has 2 aliphatic rings. The Balaban J connectivity index is 0.000000181. The second kappa shape index (κ2) is 8.36. The summed E-state index contributed by atoms with van der Waals surface area (Å²) in [7, 11) is 0. The summed E-state index contributed by atoms with van der Waals surface area (Å²) in [6, 6.07) is 3.63. The molecule has 0 radical (unpaired) electrons. The van der Waals surface area contributed by atoms with Gasteiger partial charge in [-0.2, -0.15) is 0 Å². The van der Waals surface area contributed by atoms with Gasteiger partial charge in [-0.15, -0.1) is 0 Å². The number of phenolic OH excluding ortho intramolecular Hbond substituents is 1. The van der Waals surface area contributed by atoms with Crippen molar-refractivity contribution in [3.8, 4) is 23.0 Å². The van der Waals surface area contributed by atoms with E-state index < -0.39 is 0 Å². The number of rotatable bonds is 2. The molecule has 6 heteroatoms. The van der Waals surface area contributed by atoms with Crippen molar-refractivity contribution in [2.45, 2.75) is 59.4 Å². The van der Waals surface area contributed by atoms with E-state index in [1.165, 1.54) is 0 Å². The van der Waals surface area contributed by atoms with E-state index in [2.05, 4.69) is 0 Å². The SMILES string of the molecule is Cc1cc2c(c(O)c1C=O)C=CC(C)(C)O2.Cc1cc2c(c(O)c1CO)C=CC(C)(C)O2. The first-order chi connectivity index (χ1) is 14.9. The Bertz CT molecular complexity index is 1120. The molecule has 170 valence electrons. The lowest BCUT2D eigenvalue weighted by molar-refractivity contribution is 0.112. The number of aryl methyl sites for hydroxylation is 2. The molecule has 0 unspecified atom stereocenters. The third-order valence-corrected chi connectivity index (χ3v) is 5.50. The van der Waals surface area contributed by atoms with Gasteiger partial charge in [-0.1, -0.05) is 0 Å². The zero-order valence-corrected chi connectivity index (χ0v) is 19.3. The van der Waals surface area contributed by atoms with Crippen LogP contribution in [0.3, 0.4) is 0 Å². The van der Waals surface area contributed by atoms with Gasteiger partial charge in [0.1, 0.15) is 34.2 Å². The second-order valence-corrected chi connectivity index (χ2v) is 9.15. The van der Waals surface area contributed by atoms with E-state index in [1.807, 2.05) is 58.9 Å². The van der Waals surface area contributed by atoms with E-state index >= 15 is 0 Å². The number of hydrogen-bond donors (Lipinski definition) is 3. The Hall–Kier alpha value is -3.25. The fraction of sp³-hybridized carbons (Fsp3) is 0.346. The topological polar surface area (TPSA) is 96.2 Å². The van der Waals surface area contributed by atoms with Gasteiger partial charge in [-0.05, 0) is 89.1 Å². The minimum atomic E-state index is -0.380. The van der Waals surface area contributed by atoms with Crippen LogP contribution in [0.4, 0.5) is 0 Å². The van der Waals surface area contributed by atoms with E-state index in [0.29, 0.717) is 40.0 Å². The lowest BCUT2D eigenvalue weighted by Crippen LogP contribution is -2.27. The molecule has 0 aliphatic carbocycles. The molecular weight excluding hydrogens is 408 g/mol. The zero-order chi connectivity index (χ0) is 23.8. The van der Waals surface area contributed by atoms with Crippen LogP contribution in [0.1, 0.15) is 65.9 Å². The van der Waals surface area contributed by atoms with Gasteiger partial charge in [0.2, 0.25) is 0 Å². The Labute approximate surface area is 188 Å². The number of carbonyl (C=O) groups excluding carboxylic acids is 1. The Morgan fingerprint density at radius 2 is 1.31 bits per heavy atom. The summed E-state index contributed by atoms with van der Waals surface area (Å²) in [5, 5.41) is 29.1. The molecule has 0 spiro atoms. The number of aliphatic hydroxyl groups excluding tert-OH is 1. The summed E-state index contributed by atoms with van der Waals surface area (Å²) in [6.07, 6.45) is 8.05. The van der Waals surface area contributed by atoms with Crippen molar-refractivity contribution in [1.82, 2.24) is 0 Å². The van der Waals surface area contributed by atoms with Crippen molar-refractivity contribution >= 4 is 18.4 Å². The number of aromatic hydroxyl groups is 2. The zero-order valence-electron chi connectivity index (χ0n) is 19.3. The van der Waals surface area contributed by atoms with Crippen LogP contribution in [0.5, 0.6) is 23.0 Å². The van der Waals surface area contributed by atoms with E-state index in [4.69, 9.17) is 9.47 Å². The van der Waals surface area contributed by atoms with Crippen LogP contribution in [0.2, 0.25) is 0 Å². The highest BCUT2D eigenvalue weighted by atomic mass is 16.5. The highest BCUT2D eigenvalue weighted by Crippen LogP contribution is 2.41. The molecule has 4 rings (SSSR count). The summed E-state index contributed by atoms with van der Waals surface area (Å²) >= 11 is 0. The Morgan fingerprint density at radius 3 is 1.78 bits per heavy atom. The highest BCUT2D eigenvalue weighted by Gasteiger charge is 2.26. The standard InChI is InChI=1S/C13H16O3.C13H14O3/c2*1-8-6-11-9(12(15)10(8)7-14)4-5-13(2,3)16-11/h4-6,14-15H,7H2,1-3H3;4-7,15H,1-3H3. The Kier molecular flexibility index (Phi) is 6.11. The van der Waals surface area contributed by atoms with Gasteiger partial charge in [0.15, 0.2) is 6.29 Å². The van der Waals surface area contributed by atoms with Gasteiger partial charge in [0.05, 0.1) is 23.3 Å². The van der Waals surface area contributed by atoms with Crippen molar-refractivity contribution in [3.63, 3.8) is 0 Å². The van der Waals surface area contributed by atoms with Gasteiger partial charge in [-0.3, -0.25) is 4.79 Å². The predicted octanol–water partition coefficient (Wildman–Crippen LogP) is 5.07. The van der Waals surface area contributed by atoms with Crippen LogP contribution >= 0.6 is 0 Å². The molecule has 2 aliphatic heterocycles. The van der Waals surface area contributed by atoms with E-state index in [9.17, 15) is 20.1 Å². The quantitative estimate of drug-likeness (QED) is 0.566. The molecule has 0 fully saturated rings. The number of ether oxygens (including phenoxy) is 2. The maximum absolute atomic E-state index is 10.8. The molecule has 0 aromatic heterocycles. The molecule has 0 atom stereocenters. The third-order valence-electron chi connectivity index (χ3n) is 5.50. The number of aliphatic hydroxyl groups is 1. The molecule has 2 heterocycles. The number of carbonyl (C=O) groups is 1. The summed E-state index contributed by atoms with van der Waals surface area (Å²) < 4.78 is 11.5. The summed E-state index contributed by atoms with van der Waals surface area (Å²) in [6.45, 7) is 11.2. The molecule has 0 saturated heterocycles. The highest BCUT2D eigenvalue weighted by molar-refractivity contribution is 5.86. The van der Waals surface area contributed by atoms with E-state index in [1.54, 1.807) is 19.1 Å². The van der Waals surface area contributed by atoms with Crippen LogP contribution < -0.4 is 9.47 Å². The number of aldehydes is 1. The average molecular weight is 439 g/mol. The lowest BCUT2D eigenvalue weighted by atomic mass is 9.97. The minimum Gasteiger partial charge on any atom is -0.507 e. The molecule has 0 amide bonds. The maximum Gasteiger partial charge on any atom is 0.154 e. The fourth-order valence-corrected chi connectivity index (χ4v) is 3.67. The number of hydrogen-bond acceptors (Lipinski definition) is 6. The predicted molar refractivity (Wildman–Crippen MR) is 124 cm³/mol. The monoisotopic (exact) mass is 438 g/mol. The molecular formula is C26H30O6. The lowest BCUT2D eigenvalue weighted by Gasteiger charge is -2.29. The van der Waals surface area contributed by atoms with Crippen LogP contribution in [0, 0.1) is 13.8 Å². The first-order valence-corrected chi connectivity index (χ1v) is 10.4. The normalized spacial score (nSPS) is 16.6. The van der Waals surface area contributed by atoms with Crippen LogP contribution in [0.25, 0.3) is 12.2 Å². The first kappa shape index (κ1) is 23.4. The fourth-order valence-electron chi connectivity index (χ4n) is 3.67. The molecule has 6 nitrogen and oxygen atoms in total. The minimum absolute atomic E-state index is 0.00301. The molecule has 32 heavy (non-hydrogen) atoms. The van der Waals surface area contributed by atoms with Gasteiger partial charge in [0.25, 0.3) is 0 Å². The molecule has 0 saturated carbocycles. The van der Waals surface area contributed by atoms with Crippen LogP contribution in [-0.4, -0.2) is 32.8 Å². The number of phenols is 2. The third kappa shape index (κ3) is 4.50. The van der Waals surface area contributed by atoms with Crippen molar-refractivity contribution in [3.05, 3.63) is 57.7 Å². The number of fused-ring (bicyclic) bond motifs is 2. The van der Waals surface area contributed by atoms with Gasteiger partial charge < -0.3 is 24.8 Å². The molecule has 0 bridgehead atoms. The maximum atomic E-state index is 10.8. The van der Waals surface area contributed by atoms with Crippen molar-refractivity contribution in [1.29, 1.82) is 0 Å². The first-order valence-electron chi connectivity index (χ1n) is 10.4. The van der Waals surface area contributed by atoms with E-state index in [-0.39, 0.29) is 29.3 Å². The van der Waals surface area contributed by atoms with Crippen molar-refractivity contribution in [2.24, 2.45) is 0 Å². The van der Waals surface area contributed by atoms with Gasteiger partial charge in [0, 0.05) is 5.56 Å². The molecule has 3 N–H and O–H groups in total. The summed E-state index contributed by atoms with van der Waals surface area (Å²) in [5.74, 6) is 1.40. The van der Waals surface area contributed by atoms with Gasteiger partial charge in [-0.25, -0.2) is 0 Å². The van der Waals surface area contributed by atoms with E-state index in [0.717, 1.165) is 11.1 Å². The van der Waals surface area contributed by atoms with Crippen LogP contribution in [-0.2, 0) is 6.61 Å². The smallest absolute Gasteiger partial charge is 0.154 e. The summed E-state index contributed by atoms with van der Waals surface area (Å²) in [4.78, 5) is 10.8. The molecule has 2 aromatic rings. The van der Waals surface area contributed by atoms with Crippen LogP contribution in [0.15, 0.2) is 24.3 Å². The van der Waals surface area contributed by atoms with Gasteiger partial charge >= 0.3 is 0 Å². The number of benzene rings is 2. The largest absolute Gasteiger partial charge is 0.507 e. The van der Waals surface area contributed by atoms with Crippen molar-refractivity contribution in [2.75, 3.05) is 0 Å². The summed E-state index contributed by atoms with van der Waals surface area (Å²) in [5.41, 5.74) is 2.93. The average Bonchev–Trinajstić information content (AvgIpc) is 2.67.